The number of aromatic nitrogens is 20. The van der Waals surface area contributed by atoms with Crippen molar-refractivity contribution in [1.82, 2.24) is 97.6 Å². The van der Waals surface area contributed by atoms with Gasteiger partial charge in [-0.1, -0.05) is 11.6 Å². The van der Waals surface area contributed by atoms with Crippen molar-refractivity contribution >= 4 is 156 Å². The molecule has 0 saturated carbocycles. The molecule has 10 aromatic heterocycles. The summed E-state index contributed by atoms with van der Waals surface area (Å²) in [5, 5.41) is 70.4. The van der Waals surface area contributed by atoms with Gasteiger partial charge < -0.3 is 144 Å². The Hall–Kier alpha value is -6.63. The monoisotopic (exact) mass is 1790 g/mol. The van der Waals surface area contributed by atoms with E-state index in [1.807, 2.05) is 0 Å². The van der Waals surface area contributed by atoms with E-state index in [2.05, 4.69) is 119 Å². The molecule has 15 heterocycles. The third-order valence-corrected chi connectivity index (χ3v) is 20.6. The number of aliphatic hydroxyl groups is 7. The molecule has 0 amide bonds. The largest absolute Gasteiger partial charge is 0.469 e. The summed E-state index contributed by atoms with van der Waals surface area (Å²) in [7, 11) is -9.45. The highest BCUT2D eigenvalue weighted by molar-refractivity contribution is 8.07. The zero-order chi connectivity index (χ0) is 83.0. The van der Waals surface area contributed by atoms with Crippen LogP contribution in [0.5, 0.6) is 0 Å². The number of nitrogens with two attached hydrogens (primary N) is 3. The van der Waals surface area contributed by atoms with Gasteiger partial charge in [-0.05, 0) is 42.3 Å². The average molecular weight is 1790 g/mol. The SMILES string of the molecule is Cc1nc2c(N)ncnc2n1[C@@H]1O[C@H](COP(=O)(O)O)[C@@H](O)C1O.Nc1nc2c(ncn2[C@H]2C[C@H](O)[C@@H](COP(O)(O)=S)O2)c(=O)[nH]1.Nc1ncnc2c1ncn2[C@H]1C[C@H](O)[C@@H](COP(O)(O)=S)O1.O=P(O)(O)OC[C@H]1O[C@@H](n2cnc3c(Cl)ncnc32)C(O)[C@@H]1O.O=c1[nH]cnc2c1ncn2[C@H]1C[C@H](O)[C@@H](COP(O)(O)=S)O1. The maximum Gasteiger partial charge on any atom is 0.469 e. The summed E-state index contributed by atoms with van der Waals surface area (Å²) in [4.78, 5) is 169. The molecular weight excluding hydrogens is 1720 g/mol. The molecule has 0 bridgehead atoms. The Labute approximate surface area is 653 Å². The molecule has 0 aliphatic carbocycles. The van der Waals surface area contributed by atoms with Crippen molar-refractivity contribution < 1.29 is 140 Å². The third-order valence-electron chi connectivity index (χ3n) is 17.0. The molecule has 2 unspecified atom stereocenters. The van der Waals surface area contributed by atoms with E-state index in [1.165, 1.54) is 68.9 Å². The number of H-pyrrole nitrogens is 2. The van der Waals surface area contributed by atoms with Gasteiger partial charge in [0.25, 0.3) is 11.1 Å². The zero-order valence-electron chi connectivity index (χ0n) is 57.5. The number of phosphoric ester groups is 2. The average Bonchev–Trinajstić information content (AvgIpc) is 1.62. The Bertz CT molecular complexity index is 5460. The first kappa shape index (κ1) is 88.2. The standard InChI is InChI=1S/C11H16N5O7P.C10H12ClN4O7P.C10H14N5O6PS.C10H14N5O5PS.C10H13N4O6PS/c1-4-15-6-9(12)13-3-14-10(6)16(4)11-8(18)7(17)5(23-11)2-22-24(19,20)21;11-8-5-9(13-2-12-8)15(3-14-5)10-7(17)6(16)4(22-10)1-21-23(18,19)20;11-10-13-8-7(9(17)14-10)12-3-15(8)6-1-4(16)5(21-6)2-20-22(18,19)23;11-9-8-10(13-3-12-9)15(4-14-8)7-1-5(16)6(20-7)2-19-21(17,18)22;15-5-1-7(20-6(5)2-19-21(17,18)22)14-4-13-8-9(14)11-3-12-10(8)16/h3,5,7-8,11,17-18H,2H2,1H3,(H2,12,13,14)(H2,19,20,21);2-4,6-7,10,16-17H,1H2,(H2,18,19,20);3-6,16H,1-2H2,(H2,18,19,23)(H3,11,13,14,17);3-7,16H,1-2H2,(H2,11,12,13)(H2,17,18,22);3-7,15H,1-2H2,(H,11,12,16)(H2,17,18,22)/t5-,7-,8?,11-;4-,6-,7?,10-;4-,5+,6+;2*5-,6+,7+/m11000/s1. The minimum Gasteiger partial charge on any atom is -0.390 e. The van der Waals surface area contributed by atoms with Crippen molar-refractivity contribution in [3.8, 4) is 0 Å². The van der Waals surface area contributed by atoms with Crippen LogP contribution >= 0.6 is 47.4 Å². The van der Waals surface area contributed by atoms with E-state index in [4.69, 9.17) is 115 Å². The van der Waals surface area contributed by atoms with Gasteiger partial charge in [0.2, 0.25) is 5.95 Å². The van der Waals surface area contributed by atoms with Gasteiger partial charge in [-0.25, -0.2) is 68.9 Å². The molecule has 5 fully saturated rings. The van der Waals surface area contributed by atoms with Crippen LogP contribution in [-0.4, -0.2) is 289 Å². The van der Waals surface area contributed by atoms with E-state index < -0.39 is 159 Å². The first-order valence-corrected chi connectivity index (χ1v) is 43.6. The number of halogens is 1. The Morgan fingerprint density at radius 3 is 1.32 bits per heavy atom. The van der Waals surface area contributed by atoms with E-state index in [0.29, 0.717) is 33.8 Å². The molecule has 624 valence electrons. The number of fused-ring (bicyclic) bond motifs is 5. The number of phosphoric acid groups is 2. The maximum atomic E-state index is 11.7. The van der Waals surface area contributed by atoms with Gasteiger partial charge in [-0.3, -0.25) is 46.5 Å². The fraction of sp³-hybridized carbons (Fsp3) is 0.510. The van der Waals surface area contributed by atoms with Crippen LogP contribution in [-0.2, 0) is 90.9 Å². The van der Waals surface area contributed by atoms with E-state index in [1.54, 1.807) is 11.5 Å². The Kier molecular flexibility index (Phi) is 27.8. The highest BCUT2D eigenvalue weighted by Crippen LogP contribution is 2.45. The van der Waals surface area contributed by atoms with Gasteiger partial charge in [0.1, 0.15) is 109 Å². The predicted octanol–water partition coefficient (Wildman–Crippen LogP) is -5.49. The fourth-order valence-corrected chi connectivity index (χ4v) is 14.2. The Morgan fingerprint density at radius 1 is 0.456 bits per heavy atom. The predicted molar refractivity (Wildman–Crippen MR) is 391 cm³/mol. The lowest BCUT2D eigenvalue weighted by atomic mass is 10.1. The van der Waals surface area contributed by atoms with Crippen LogP contribution in [0.1, 0.15) is 56.2 Å². The van der Waals surface area contributed by atoms with Gasteiger partial charge in [0, 0.05) is 19.3 Å². The molecule has 54 nitrogen and oxygen atoms in total. The van der Waals surface area contributed by atoms with Crippen molar-refractivity contribution in [2.24, 2.45) is 0 Å². The zero-order valence-corrected chi connectivity index (χ0v) is 65.2. The maximum absolute atomic E-state index is 11.7. The topological polar surface area (TPSA) is 806 Å². The second-order valence-corrected chi connectivity index (χ2v) is 35.5. The lowest BCUT2D eigenvalue weighted by Crippen LogP contribution is -2.33. The van der Waals surface area contributed by atoms with E-state index >= 15 is 0 Å². The number of nitrogen functional groups attached to an aromatic ring is 3. The van der Waals surface area contributed by atoms with E-state index in [9.17, 15) is 54.5 Å². The van der Waals surface area contributed by atoms with E-state index in [0.717, 1.165) is 0 Å². The highest BCUT2D eigenvalue weighted by atomic mass is 35.5. The minimum atomic E-state index is -4.73. The van der Waals surface area contributed by atoms with Crippen LogP contribution in [0, 0.1) is 6.92 Å². The number of nitrogens with one attached hydrogen (secondary N) is 2. The van der Waals surface area contributed by atoms with Crippen LogP contribution < -0.4 is 28.3 Å². The van der Waals surface area contributed by atoms with Crippen molar-refractivity contribution in [2.45, 2.75) is 131 Å². The molecule has 0 radical (unpaired) electrons. The second kappa shape index (κ2) is 35.9. The number of hydrogen-bond donors (Lipinski definition) is 22. The van der Waals surface area contributed by atoms with Crippen molar-refractivity contribution in [3.63, 3.8) is 0 Å². The van der Waals surface area contributed by atoms with Crippen molar-refractivity contribution in [3.05, 3.63) is 82.3 Å². The summed E-state index contributed by atoms with van der Waals surface area (Å²) in [6, 6.07) is 0. The quantitative estimate of drug-likeness (QED) is 0.0250. The lowest BCUT2D eigenvalue weighted by molar-refractivity contribution is -0.0512. The smallest absolute Gasteiger partial charge is 0.390 e. The molecule has 25 N–H and O–H groups in total. The summed E-state index contributed by atoms with van der Waals surface area (Å²) < 4.78 is 79.5. The number of aromatic amines is 2. The van der Waals surface area contributed by atoms with Gasteiger partial charge in [-0.15, -0.1) is 0 Å². The Balaban J connectivity index is 0.000000141. The number of imidazole rings is 5. The van der Waals surface area contributed by atoms with Crippen LogP contribution in [0.25, 0.3) is 55.8 Å². The molecule has 15 rings (SSSR count). The molecule has 114 heavy (non-hydrogen) atoms. The molecular formula is C51H69ClN23O31P5S3. The summed E-state index contributed by atoms with van der Waals surface area (Å²) >= 11 is 18.9. The first-order valence-electron chi connectivity index (χ1n) is 32.3. The normalized spacial score (nSPS) is 26.7. The van der Waals surface area contributed by atoms with Crippen molar-refractivity contribution in [2.75, 3.05) is 50.2 Å². The van der Waals surface area contributed by atoms with Gasteiger partial charge >= 0.3 is 35.8 Å². The number of aliphatic hydroxyl groups excluding tert-OH is 7. The van der Waals surface area contributed by atoms with Crippen LogP contribution in [0.3, 0.4) is 0 Å². The number of rotatable bonds is 20. The molecule has 17 atom stereocenters. The summed E-state index contributed by atoms with van der Waals surface area (Å²) in [6.07, 6.45) is -5.58. The lowest BCUT2D eigenvalue weighted by Gasteiger charge is -2.18. The molecule has 10 aromatic rings. The molecule has 5 aliphatic rings. The number of anilines is 3. The summed E-state index contributed by atoms with van der Waals surface area (Å²) in [6.45, 7) is -11.7. The molecule has 63 heteroatoms. The van der Waals surface area contributed by atoms with Crippen LogP contribution in [0.15, 0.2) is 60.2 Å². The van der Waals surface area contributed by atoms with Crippen LogP contribution in [0.2, 0.25) is 5.15 Å². The van der Waals surface area contributed by atoms with E-state index in [-0.39, 0.29) is 95.2 Å². The number of aryl methyl sites for hydroxylation is 1. The van der Waals surface area contributed by atoms with Gasteiger partial charge in [0.05, 0.1) is 83.0 Å². The minimum absolute atomic E-state index is 0.0658. The first-order chi connectivity index (χ1) is 53.4. The molecule has 0 aromatic carbocycles. The van der Waals surface area contributed by atoms with Crippen molar-refractivity contribution in [1.29, 1.82) is 0 Å². The molecule has 5 saturated heterocycles. The molecule has 0 spiro atoms. The summed E-state index contributed by atoms with van der Waals surface area (Å²) in [5.41, 5.74) is 19.0. The number of nitrogens with zero attached hydrogens (tertiary/aromatic N) is 18. The third kappa shape index (κ3) is 21.4. The Morgan fingerprint density at radius 2 is 0.842 bits per heavy atom. The van der Waals surface area contributed by atoms with Gasteiger partial charge in [-0.2, -0.15) is 4.98 Å². The summed E-state index contributed by atoms with van der Waals surface area (Å²) in [5.74, 6) is 0.744. The second-order valence-electron chi connectivity index (χ2n) is 24.7. The highest BCUT2D eigenvalue weighted by Gasteiger charge is 2.48. The molecule has 5 aliphatic heterocycles. The number of ether oxygens (including phenoxy) is 5. The van der Waals surface area contributed by atoms with Gasteiger partial charge in [0.15, 0.2) is 74.0 Å². The fourth-order valence-electron chi connectivity index (χ4n) is 11.8. The number of hydrogen-bond acceptors (Lipinski definition) is 40. The van der Waals surface area contributed by atoms with Crippen LogP contribution in [0.4, 0.5) is 17.6 Å².